The molecule has 0 saturated carbocycles. The molecule has 0 aliphatic rings. The molecule has 0 spiro atoms. The molecule has 0 radical (unpaired) electrons. The molecular formula is C16H12N10O6S2. The molecule has 4 heterocycles. The maximum Gasteiger partial charge on any atom is 0.433 e. The van der Waals surface area contributed by atoms with Crippen LogP contribution in [0.2, 0.25) is 0 Å². The van der Waals surface area contributed by atoms with Gasteiger partial charge in [-0.1, -0.05) is 0 Å². The molecule has 4 rings (SSSR count). The van der Waals surface area contributed by atoms with Crippen molar-refractivity contribution < 1.29 is 18.7 Å². The number of aryl methyl sites for hydroxylation is 2. The third kappa shape index (κ3) is 4.91. The first kappa shape index (κ1) is 22.6. The first-order chi connectivity index (χ1) is 16.3. The fraction of sp³-hybridized carbons (Fsp3) is 0.125. The van der Waals surface area contributed by atoms with Gasteiger partial charge >= 0.3 is 11.8 Å². The lowest BCUT2D eigenvalue weighted by Gasteiger charge is -2.01. The van der Waals surface area contributed by atoms with Gasteiger partial charge in [-0.2, -0.15) is 29.8 Å². The summed E-state index contributed by atoms with van der Waals surface area (Å²) in [5, 5.41) is 43.3. The van der Waals surface area contributed by atoms with Crippen LogP contribution >= 0.6 is 24.4 Å². The molecular weight excluding hydrogens is 492 g/mol. The maximum atomic E-state index is 10.7. The van der Waals surface area contributed by atoms with E-state index in [9.17, 15) is 20.2 Å². The lowest BCUT2D eigenvalue weighted by atomic mass is 10.3. The summed E-state index contributed by atoms with van der Waals surface area (Å²) in [6.07, 6.45) is 3.16. The molecule has 0 bridgehead atoms. The van der Waals surface area contributed by atoms with E-state index in [1.54, 1.807) is 0 Å². The number of nitrogens with one attached hydrogen (secondary N) is 2. The molecule has 0 fully saturated rings. The van der Waals surface area contributed by atoms with E-state index in [-0.39, 0.29) is 21.1 Å². The van der Waals surface area contributed by atoms with Crippen LogP contribution in [0.3, 0.4) is 0 Å². The minimum atomic E-state index is -0.658. The number of nitrogens with zero attached hydrogens (tertiary/aromatic N) is 8. The van der Waals surface area contributed by atoms with Crippen molar-refractivity contribution in [1.29, 1.82) is 0 Å². The molecule has 0 amide bonds. The van der Waals surface area contributed by atoms with Gasteiger partial charge in [0.05, 0.1) is 24.6 Å². The number of nitro groups is 2. The van der Waals surface area contributed by atoms with Crippen LogP contribution in [-0.2, 0) is 12.8 Å². The summed E-state index contributed by atoms with van der Waals surface area (Å²) in [5.41, 5.74) is 0. The Kier molecular flexibility index (Phi) is 6.32. The molecule has 0 aromatic carbocycles. The Labute approximate surface area is 197 Å². The highest BCUT2D eigenvalue weighted by Gasteiger charge is 2.13. The lowest BCUT2D eigenvalue weighted by molar-refractivity contribution is -0.402. The molecule has 0 saturated heterocycles. The van der Waals surface area contributed by atoms with Gasteiger partial charge in [-0.15, -0.1) is 0 Å². The molecule has 0 aliphatic carbocycles. The van der Waals surface area contributed by atoms with Crippen LogP contribution in [0.1, 0.15) is 23.2 Å². The van der Waals surface area contributed by atoms with E-state index >= 15 is 0 Å². The van der Waals surface area contributed by atoms with Crippen LogP contribution in [0, 0.1) is 29.8 Å². The molecule has 34 heavy (non-hydrogen) atoms. The first-order valence-corrected chi connectivity index (χ1v) is 10.0. The van der Waals surface area contributed by atoms with Crippen molar-refractivity contribution in [3.63, 3.8) is 0 Å². The van der Waals surface area contributed by atoms with Crippen LogP contribution in [0.25, 0.3) is 0 Å². The first-order valence-electron chi connectivity index (χ1n) is 9.21. The minimum absolute atomic E-state index is 0.161. The van der Waals surface area contributed by atoms with Crippen molar-refractivity contribution in [3.05, 3.63) is 77.2 Å². The van der Waals surface area contributed by atoms with Crippen LogP contribution in [0.15, 0.2) is 43.3 Å². The van der Waals surface area contributed by atoms with Gasteiger partial charge in [-0.05, 0) is 36.6 Å². The Morgan fingerprint density at radius 1 is 0.853 bits per heavy atom. The molecule has 18 heteroatoms. The van der Waals surface area contributed by atoms with E-state index in [2.05, 4.69) is 30.6 Å². The maximum absolute atomic E-state index is 10.7. The van der Waals surface area contributed by atoms with Crippen molar-refractivity contribution in [3.8, 4) is 0 Å². The van der Waals surface area contributed by atoms with Gasteiger partial charge < -0.3 is 8.83 Å². The molecule has 174 valence electrons. The number of H-pyrrole nitrogens is 2. The topological polar surface area (TPSA) is 204 Å². The lowest BCUT2D eigenvalue weighted by Crippen LogP contribution is -2.05. The van der Waals surface area contributed by atoms with E-state index in [1.165, 1.54) is 46.0 Å². The SMILES string of the molecule is O=[N+]([O-])c1ccc(/C=N/n2c(CCc3n[nH]c(=S)n3/N=C/c3ccc([N+](=O)[O-])o3)n[nH]c2=S)o1. The smallest absolute Gasteiger partial charge is 0.400 e. The highest BCUT2D eigenvalue weighted by atomic mass is 32.1. The predicted molar refractivity (Wildman–Crippen MR) is 119 cm³/mol. The van der Waals surface area contributed by atoms with Crippen molar-refractivity contribution in [2.24, 2.45) is 10.2 Å². The molecule has 0 unspecified atom stereocenters. The molecule has 4 aromatic rings. The molecule has 0 atom stereocenters. The van der Waals surface area contributed by atoms with E-state index in [0.717, 1.165) is 0 Å². The number of aromatic nitrogens is 6. The molecule has 4 aromatic heterocycles. The average molecular weight is 504 g/mol. The van der Waals surface area contributed by atoms with Gasteiger partial charge in [0.15, 0.2) is 23.2 Å². The van der Waals surface area contributed by atoms with Gasteiger partial charge in [0, 0.05) is 12.8 Å². The zero-order valence-electron chi connectivity index (χ0n) is 16.7. The second-order valence-electron chi connectivity index (χ2n) is 6.37. The van der Waals surface area contributed by atoms with Gasteiger partial charge in [0.25, 0.3) is 0 Å². The number of aromatic amines is 2. The van der Waals surface area contributed by atoms with Crippen molar-refractivity contribution in [2.45, 2.75) is 12.8 Å². The number of hydrogen-bond donors (Lipinski definition) is 2. The fourth-order valence-electron chi connectivity index (χ4n) is 2.68. The third-order valence-corrected chi connectivity index (χ3v) is 4.72. The van der Waals surface area contributed by atoms with Crippen molar-refractivity contribution in [1.82, 2.24) is 29.7 Å². The summed E-state index contributed by atoms with van der Waals surface area (Å²) in [4.78, 5) is 20.1. The summed E-state index contributed by atoms with van der Waals surface area (Å²) >= 11 is 10.4. The number of furan rings is 2. The van der Waals surface area contributed by atoms with Crippen LogP contribution in [0.4, 0.5) is 11.8 Å². The number of rotatable bonds is 9. The van der Waals surface area contributed by atoms with Crippen LogP contribution in [0.5, 0.6) is 0 Å². The third-order valence-electron chi connectivity index (χ3n) is 4.19. The largest absolute Gasteiger partial charge is 0.433 e. The zero-order chi connectivity index (χ0) is 24.2. The monoisotopic (exact) mass is 504 g/mol. The summed E-state index contributed by atoms with van der Waals surface area (Å²) in [6.45, 7) is 0. The normalized spacial score (nSPS) is 11.6. The zero-order valence-corrected chi connectivity index (χ0v) is 18.4. The summed E-state index contributed by atoms with van der Waals surface area (Å²) in [5.74, 6) is 0.375. The summed E-state index contributed by atoms with van der Waals surface area (Å²) in [6, 6.07) is 5.21. The van der Waals surface area contributed by atoms with Crippen LogP contribution in [-0.4, -0.2) is 52.0 Å². The highest BCUT2D eigenvalue weighted by Crippen LogP contribution is 2.15. The average Bonchev–Trinajstić information content (AvgIpc) is 3.57. The van der Waals surface area contributed by atoms with Gasteiger partial charge in [-0.3, -0.25) is 30.4 Å². The molecule has 2 N–H and O–H groups in total. The fourth-order valence-corrected chi connectivity index (χ4v) is 3.08. The van der Waals surface area contributed by atoms with Gasteiger partial charge in [0.2, 0.25) is 9.54 Å². The number of hydrogen-bond acceptors (Lipinski definition) is 12. The van der Waals surface area contributed by atoms with E-state index in [4.69, 9.17) is 33.3 Å². The van der Waals surface area contributed by atoms with Gasteiger partial charge in [-0.25, -0.2) is 0 Å². The Hall–Kier alpha value is -4.58. The highest BCUT2D eigenvalue weighted by molar-refractivity contribution is 7.71. The van der Waals surface area contributed by atoms with Crippen molar-refractivity contribution >= 4 is 48.6 Å². The Balaban J connectivity index is 1.49. The Morgan fingerprint density at radius 2 is 1.26 bits per heavy atom. The van der Waals surface area contributed by atoms with E-state index in [1.807, 2.05) is 0 Å². The van der Waals surface area contributed by atoms with Gasteiger partial charge in [0.1, 0.15) is 9.85 Å². The quantitative estimate of drug-likeness (QED) is 0.147. The van der Waals surface area contributed by atoms with Crippen molar-refractivity contribution in [2.75, 3.05) is 0 Å². The molecule has 0 aliphatic heterocycles. The Bertz CT molecular complexity index is 1420. The second-order valence-corrected chi connectivity index (χ2v) is 7.14. The molecule has 16 nitrogen and oxygen atoms in total. The minimum Gasteiger partial charge on any atom is -0.400 e. The predicted octanol–water partition coefficient (Wildman–Crippen LogP) is 2.75. The van der Waals surface area contributed by atoms with E-state index < -0.39 is 21.6 Å². The van der Waals surface area contributed by atoms with E-state index in [0.29, 0.717) is 24.5 Å². The Morgan fingerprint density at radius 3 is 1.62 bits per heavy atom. The standard InChI is InChI=1S/C16H12N10O6S2/c27-25(28)13-5-1-9(31-13)7-17-23-11(19-21-15(23)33)3-4-12-20-22-16(34)24(12)18-8-10-2-6-14(32-10)26(29)30/h1-2,5-8H,3-4H2,(H,21,33)(H,22,34)/b17-7+,18-8+. The summed E-state index contributed by atoms with van der Waals surface area (Å²) < 4.78 is 13.1. The van der Waals surface area contributed by atoms with Crippen LogP contribution < -0.4 is 0 Å². The second kappa shape index (κ2) is 9.50. The summed E-state index contributed by atoms with van der Waals surface area (Å²) in [7, 11) is 0.